The second-order valence-corrected chi connectivity index (χ2v) is 9.59. The first-order valence-electron chi connectivity index (χ1n) is 17.3. The fraction of sp³-hybridized carbons (Fsp3) is 0.0811. The molecule has 1 radical (unpaired) electrons. The molecule has 0 aliphatic rings. The first-order valence-corrected chi connectivity index (χ1v) is 12.8. The van der Waals surface area contributed by atoms with E-state index in [4.69, 9.17) is 16.8 Å². The Morgan fingerprint density at radius 2 is 1.57 bits per heavy atom. The van der Waals surface area contributed by atoms with Gasteiger partial charge in [-0.25, -0.2) is 4.39 Å². The van der Waals surface area contributed by atoms with Crippen LogP contribution >= 0.6 is 0 Å². The van der Waals surface area contributed by atoms with Crippen molar-refractivity contribution in [2.24, 2.45) is 0 Å². The summed E-state index contributed by atoms with van der Waals surface area (Å²) in [7, 11) is 0. The molecule has 3 heterocycles. The first kappa shape index (κ1) is 18.9. The van der Waals surface area contributed by atoms with Gasteiger partial charge in [-0.3, -0.25) is 4.98 Å². The Morgan fingerprint density at radius 1 is 0.738 bits per heavy atom. The van der Waals surface area contributed by atoms with Crippen molar-refractivity contribution >= 4 is 54.4 Å². The van der Waals surface area contributed by atoms with Crippen LogP contribution in [0.4, 0.5) is 4.39 Å². The minimum absolute atomic E-state index is 0. The van der Waals surface area contributed by atoms with Gasteiger partial charge in [0.1, 0.15) is 5.82 Å². The SMILES string of the molecule is Fc1ccc2c(c1)oc1cc3c([c-]c12)c1ncccc1c1ccccc31.[2H]C([2H])([2H])c1c[c-]c(-c2cc(C([2H])([2H])[2H])c(C([2H])([2H])[2H])cn2)cc1.[Ir]. The molecule has 0 saturated carbocycles. The first-order chi connectivity index (χ1) is 23.6. The van der Waals surface area contributed by atoms with Crippen LogP contribution in [0.25, 0.3) is 65.6 Å². The van der Waals surface area contributed by atoms with E-state index in [0.29, 0.717) is 16.7 Å². The van der Waals surface area contributed by atoms with E-state index in [1.807, 2.05) is 24.3 Å². The van der Waals surface area contributed by atoms with E-state index in [9.17, 15) is 4.39 Å². The van der Waals surface area contributed by atoms with Crippen molar-refractivity contribution in [2.75, 3.05) is 0 Å². The molecule has 8 aromatic rings. The molecule has 8 rings (SSSR count). The largest absolute Gasteiger partial charge is 0.499 e. The molecule has 0 aliphatic heterocycles. The number of rotatable bonds is 1. The molecule has 5 aromatic carbocycles. The van der Waals surface area contributed by atoms with E-state index in [1.54, 1.807) is 12.3 Å². The third kappa shape index (κ3) is 4.85. The van der Waals surface area contributed by atoms with Crippen LogP contribution in [-0.2, 0) is 20.1 Å². The molecule has 5 heteroatoms. The Hall–Kier alpha value is -4.44. The molecule has 0 amide bonds. The summed E-state index contributed by atoms with van der Waals surface area (Å²) in [5.41, 5.74) is 2.22. The zero-order valence-electron chi connectivity index (χ0n) is 30.8. The van der Waals surface area contributed by atoms with Crippen LogP contribution in [-0.4, -0.2) is 9.97 Å². The third-order valence-corrected chi connectivity index (χ3v) is 7.02. The second kappa shape index (κ2) is 11.1. The Labute approximate surface area is 269 Å². The molecule has 0 spiro atoms. The number of fused-ring (bicyclic) bond motifs is 9. The predicted molar refractivity (Wildman–Crippen MR) is 166 cm³/mol. The molecule has 0 unspecified atom stereocenters. The van der Waals surface area contributed by atoms with Gasteiger partial charge < -0.3 is 9.40 Å². The van der Waals surface area contributed by atoms with Gasteiger partial charge in [-0.2, -0.15) is 0 Å². The summed E-state index contributed by atoms with van der Waals surface area (Å²) in [6.07, 6.45) is 2.83. The third-order valence-electron chi connectivity index (χ3n) is 7.02. The Kier molecular flexibility index (Phi) is 4.99. The number of furan rings is 1. The minimum atomic E-state index is -2.61. The van der Waals surface area contributed by atoms with E-state index in [-0.39, 0.29) is 48.3 Å². The molecule has 3 nitrogen and oxygen atoms in total. The normalized spacial score (nSPS) is 15.2. The number of nitrogens with zero attached hydrogens (tertiary/aromatic N) is 2. The number of hydrogen-bond donors (Lipinski definition) is 0. The molecule has 0 bridgehead atoms. The van der Waals surface area contributed by atoms with E-state index in [2.05, 4.69) is 40.3 Å². The summed E-state index contributed by atoms with van der Waals surface area (Å²) in [5.74, 6) is -0.307. The van der Waals surface area contributed by atoms with Crippen molar-refractivity contribution in [3.63, 3.8) is 0 Å². The van der Waals surface area contributed by atoms with Crippen LogP contribution in [0.15, 0.2) is 102 Å². The summed E-state index contributed by atoms with van der Waals surface area (Å²) in [6.45, 7) is -7.47. The number of pyridine rings is 2. The number of halogens is 1. The van der Waals surface area contributed by atoms with Crippen molar-refractivity contribution in [1.29, 1.82) is 0 Å². The quantitative estimate of drug-likeness (QED) is 0.125. The van der Waals surface area contributed by atoms with Crippen molar-refractivity contribution < 1.29 is 41.2 Å². The molecule has 3 aromatic heterocycles. The van der Waals surface area contributed by atoms with Crippen LogP contribution in [0.3, 0.4) is 0 Å². The van der Waals surface area contributed by atoms with Crippen LogP contribution in [0.1, 0.15) is 29.0 Å². The molecule has 0 saturated heterocycles. The molecule has 0 N–H and O–H groups in total. The maximum atomic E-state index is 13.6. The Morgan fingerprint density at radius 3 is 2.36 bits per heavy atom. The zero-order chi connectivity index (χ0) is 35.6. The minimum Gasteiger partial charge on any atom is -0.499 e. The molecule has 0 atom stereocenters. The molecule has 0 fully saturated rings. The topological polar surface area (TPSA) is 38.9 Å². The average molecular weight is 734 g/mol. The van der Waals surface area contributed by atoms with Gasteiger partial charge in [-0.1, -0.05) is 77.1 Å². The monoisotopic (exact) mass is 734 g/mol. The van der Waals surface area contributed by atoms with Crippen molar-refractivity contribution in [3.05, 3.63) is 132 Å². The van der Waals surface area contributed by atoms with Gasteiger partial charge in [0.05, 0.1) is 11.2 Å². The summed E-state index contributed by atoms with van der Waals surface area (Å²) in [4.78, 5) is 8.62. The Balaban J connectivity index is 0.000000173. The molecule has 207 valence electrons. The summed E-state index contributed by atoms with van der Waals surface area (Å²) < 4.78 is 86.4. The van der Waals surface area contributed by atoms with E-state index >= 15 is 0 Å². The van der Waals surface area contributed by atoms with Crippen molar-refractivity contribution in [1.82, 2.24) is 9.97 Å². The standard InChI is InChI=1S/C23H11FNO.C14H14N.Ir/c24-13-7-8-16-19-11-20-18(12-22(19)26-21(16)10-13)15-5-2-1-4-14(15)17-6-3-9-25-23(17)20;1-10-4-6-13(7-5-10)14-8-11(2)12(3)9-15-14;/h1-10,12H;4-6,8-9H,1-3H3;/q2*-1;/i;1D3,2D3,3D3;. The van der Waals surface area contributed by atoms with Crippen LogP contribution < -0.4 is 0 Å². The van der Waals surface area contributed by atoms with E-state index in [1.165, 1.54) is 36.4 Å². The van der Waals surface area contributed by atoms with Gasteiger partial charge in [-0.15, -0.1) is 41.5 Å². The van der Waals surface area contributed by atoms with E-state index < -0.39 is 20.6 Å². The second-order valence-electron chi connectivity index (χ2n) is 9.59. The molecular weight excluding hydrogens is 700 g/mol. The number of benzene rings is 5. The van der Waals surface area contributed by atoms with Gasteiger partial charge in [0.2, 0.25) is 0 Å². The fourth-order valence-corrected chi connectivity index (χ4v) is 5.08. The van der Waals surface area contributed by atoms with Crippen LogP contribution in [0.2, 0.25) is 0 Å². The van der Waals surface area contributed by atoms with Gasteiger partial charge in [0.25, 0.3) is 0 Å². The molecular formula is C37H25FIrN2O-2. The number of aryl methyl sites for hydroxylation is 3. The fourth-order valence-electron chi connectivity index (χ4n) is 5.08. The number of aromatic nitrogens is 2. The van der Waals surface area contributed by atoms with Gasteiger partial charge in [0, 0.05) is 56.4 Å². The van der Waals surface area contributed by atoms with E-state index in [0.717, 1.165) is 49.4 Å². The zero-order valence-corrected chi connectivity index (χ0v) is 24.1. The average Bonchev–Trinajstić information content (AvgIpc) is 3.43. The number of hydrogen-bond acceptors (Lipinski definition) is 3. The summed E-state index contributed by atoms with van der Waals surface area (Å²) in [6, 6.07) is 30.5. The molecule has 42 heavy (non-hydrogen) atoms. The van der Waals surface area contributed by atoms with Gasteiger partial charge in [0.15, 0.2) is 0 Å². The molecule has 0 aliphatic carbocycles. The maximum Gasteiger partial charge on any atom is 0.125 e. The van der Waals surface area contributed by atoms with Crippen LogP contribution in [0.5, 0.6) is 0 Å². The maximum absolute atomic E-state index is 13.6. The van der Waals surface area contributed by atoms with Crippen molar-refractivity contribution in [2.45, 2.75) is 20.6 Å². The van der Waals surface area contributed by atoms with Gasteiger partial charge >= 0.3 is 0 Å². The van der Waals surface area contributed by atoms with Crippen LogP contribution in [0, 0.1) is 38.5 Å². The van der Waals surface area contributed by atoms with Gasteiger partial charge in [-0.05, 0) is 58.6 Å². The predicted octanol–water partition coefficient (Wildman–Crippen LogP) is 9.85. The van der Waals surface area contributed by atoms with Crippen molar-refractivity contribution in [3.8, 4) is 11.3 Å². The smallest absolute Gasteiger partial charge is 0.125 e. The Bertz CT molecular complexity index is 2580. The summed E-state index contributed by atoms with van der Waals surface area (Å²) in [5, 5.41) is 7.10. The summed E-state index contributed by atoms with van der Waals surface area (Å²) >= 11 is 0.